The molecule has 0 aliphatic carbocycles. The Morgan fingerprint density at radius 1 is 1.17 bits per heavy atom. The summed E-state index contributed by atoms with van der Waals surface area (Å²) >= 11 is 0. The van der Waals surface area contributed by atoms with Crippen molar-refractivity contribution in [3.05, 3.63) is 29.8 Å². The van der Waals surface area contributed by atoms with Gasteiger partial charge in [0.15, 0.2) is 0 Å². The number of hydrogen-bond donors (Lipinski definition) is 1. The minimum Gasteiger partial charge on any atom is -0.371 e. The third-order valence-electron chi connectivity index (χ3n) is 4.67. The van der Waals surface area contributed by atoms with Crippen molar-refractivity contribution in [2.45, 2.75) is 39.5 Å². The largest absolute Gasteiger partial charge is 0.371 e. The molecule has 0 bridgehead atoms. The van der Waals surface area contributed by atoms with E-state index in [9.17, 15) is 0 Å². The predicted octanol–water partition coefficient (Wildman–Crippen LogP) is 3.20. The Balaban J connectivity index is 2.05. The van der Waals surface area contributed by atoms with Gasteiger partial charge in [0.1, 0.15) is 0 Å². The van der Waals surface area contributed by atoms with Crippen molar-refractivity contribution >= 4 is 5.69 Å². The van der Waals surface area contributed by atoms with Gasteiger partial charge < -0.3 is 10.6 Å². The number of hydrogen-bond acceptors (Lipinski definition) is 2. The van der Waals surface area contributed by atoms with Crippen molar-refractivity contribution in [1.29, 1.82) is 0 Å². The second-order valence-corrected chi connectivity index (χ2v) is 5.58. The highest BCUT2D eigenvalue weighted by molar-refractivity contribution is 5.49. The van der Waals surface area contributed by atoms with Crippen LogP contribution in [0.3, 0.4) is 0 Å². The van der Waals surface area contributed by atoms with Crippen LogP contribution < -0.4 is 10.6 Å². The molecule has 0 radical (unpaired) electrons. The molecule has 1 fully saturated rings. The molecule has 2 nitrogen and oxygen atoms in total. The number of nitrogens with zero attached hydrogens (tertiary/aromatic N) is 1. The number of benzene rings is 1. The fraction of sp³-hybridized carbons (Fsp3) is 0.625. The Hall–Kier alpha value is -1.02. The van der Waals surface area contributed by atoms with Gasteiger partial charge in [0.05, 0.1) is 0 Å². The average molecular weight is 246 g/mol. The van der Waals surface area contributed by atoms with Crippen molar-refractivity contribution in [2.24, 2.45) is 11.1 Å². The molecule has 0 amide bonds. The second kappa shape index (κ2) is 5.75. The molecule has 100 valence electrons. The highest BCUT2D eigenvalue weighted by Crippen LogP contribution is 2.38. The SMILES string of the molecule is CCC1(CC)CCN(c2ccc(CCN)cc2)C1. The summed E-state index contributed by atoms with van der Waals surface area (Å²) in [6.07, 6.45) is 4.91. The smallest absolute Gasteiger partial charge is 0.0366 e. The third-order valence-corrected chi connectivity index (χ3v) is 4.67. The van der Waals surface area contributed by atoms with Gasteiger partial charge in [-0.2, -0.15) is 0 Å². The predicted molar refractivity (Wildman–Crippen MR) is 79.0 cm³/mol. The van der Waals surface area contributed by atoms with E-state index in [2.05, 4.69) is 43.0 Å². The molecule has 1 aliphatic heterocycles. The maximum Gasteiger partial charge on any atom is 0.0366 e. The van der Waals surface area contributed by atoms with E-state index in [0.29, 0.717) is 5.41 Å². The van der Waals surface area contributed by atoms with Crippen molar-refractivity contribution in [2.75, 3.05) is 24.5 Å². The topological polar surface area (TPSA) is 29.3 Å². The van der Waals surface area contributed by atoms with Crippen molar-refractivity contribution in [1.82, 2.24) is 0 Å². The summed E-state index contributed by atoms with van der Waals surface area (Å²) in [6, 6.07) is 8.96. The maximum atomic E-state index is 5.58. The minimum absolute atomic E-state index is 0.552. The van der Waals surface area contributed by atoms with E-state index in [1.54, 1.807) is 0 Å². The van der Waals surface area contributed by atoms with Crippen LogP contribution in [0, 0.1) is 5.41 Å². The zero-order valence-electron chi connectivity index (χ0n) is 11.8. The zero-order chi connectivity index (χ0) is 13.0. The Morgan fingerprint density at radius 3 is 2.33 bits per heavy atom. The van der Waals surface area contributed by atoms with Crippen LogP contribution in [0.2, 0.25) is 0 Å². The van der Waals surface area contributed by atoms with E-state index in [1.165, 1.54) is 43.6 Å². The first-order valence-electron chi connectivity index (χ1n) is 7.27. The number of nitrogens with two attached hydrogens (primary N) is 1. The van der Waals surface area contributed by atoms with Crippen molar-refractivity contribution in [3.63, 3.8) is 0 Å². The molecule has 0 unspecified atom stereocenters. The molecule has 0 saturated carbocycles. The molecule has 1 heterocycles. The van der Waals surface area contributed by atoms with Crippen LogP contribution in [-0.4, -0.2) is 19.6 Å². The van der Waals surface area contributed by atoms with Gasteiger partial charge in [-0.05, 0) is 55.3 Å². The second-order valence-electron chi connectivity index (χ2n) is 5.58. The first-order chi connectivity index (χ1) is 8.73. The van der Waals surface area contributed by atoms with Gasteiger partial charge in [-0.3, -0.25) is 0 Å². The van der Waals surface area contributed by atoms with Crippen LogP contribution in [0.4, 0.5) is 5.69 Å². The normalized spacial score (nSPS) is 18.3. The van der Waals surface area contributed by atoms with E-state index in [1.807, 2.05) is 0 Å². The van der Waals surface area contributed by atoms with Gasteiger partial charge in [0, 0.05) is 18.8 Å². The molecule has 0 spiro atoms. The number of rotatable bonds is 5. The molecule has 18 heavy (non-hydrogen) atoms. The van der Waals surface area contributed by atoms with E-state index in [-0.39, 0.29) is 0 Å². The molecule has 2 heteroatoms. The van der Waals surface area contributed by atoms with Gasteiger partial charge in [0.25, 0.3) is 0 Å². The highest BCUT2D eigenvalue weighted by Gasteiger charge is 2.34. The quantitative estimate of drug-likeness (QED) is 0.864. The van der Waals surface area contributed by atoms with Crippen LogP contribution in [0.15, 0.2) is 24.3 Å². The van der Waals surface area contributed by atoms with Gasteiger partial charge in [0.2, 0.25) is 0 Å². The summed E-state index contributed by atoms with van der Waals surface area (Å²) in [6.45, 7) is 7.82. The van der Waals surface area contributed by atoms with Crippen LogP contribution in [0.1, 0.15) is 38.7 Å². The molecule has 2 rings (SSSR count). The standard InChI is InChI=1S/C16H26N2/c1-3-16(4-2)10-12-18(13-16)15-7-5-14(6-8-15)9-11-17/h5-8H,3-4,9-13,17H2,1-2H3. The highest BCUT2D eigenvalue weighted by atomic mass is 15.2. The lowest BCUT2D eigenvalue weighted by atomic mass is 9.82. The Labute approximate surface area is 111 Å². The summed E-state index contributed by atoms with van der Waals surface area (Å²) in [5.74, 6) is 0. The van der Waals surface area contributed by atoms with Gasteiger partial charge in [-0.1, -0.05) is 26.0 Å². The van der Waals surface area contributed by atoms with E-state index >= 15 is 0 Å². The Kier molecular flexibility index (Phi) is 4.28. The Morgan fingerprint density at radius 2 is 1.83 bits per heavy atom. The summed E-state index contributed by atoms with van der Waals surface area (Å²) in [4.78, 5) is 2.54. The summed E-state index contributed by atoms with van der Waals surface area (Å²) in [7, 11) is 0. The molecule has 1 aliphatic rings. The number of anilines is 1. The fourth-order valence-electron chi connectivity index (χ4n) is 3.02. The summed E-state index contributed by atoms with van der Waals surface area (Å²) in [5.41, 5.74) is 8.85. The van der Waals surface area contributed by atoms with Crippen LogP contribution in [0.5, 0.6) is 0 Å². The molecule has 0 aromatic heterocycles. The van der Waals surface area contributed by atoms with E-state index in [0.717, 1.165) is 13.0 Å². The molecule has 1 aromatic rings. The molecular weight excluding hydrogens is 220 g/mol. The lowest BCUT2D eigenvalue weighted by Gasteiger charge is -2.27. The van der Waals surface area contributed by atoms with Crippen molar-refractivity contribution in [3.8, 4) is 0 Å². The molecule has 1 aromatic carbocycles. The maximum absolute atomic E-state index is 5.58. The lowest BCUT2D eigenvalue weighted by Crippen LogP contribution is -2.26. The van der Waals surface area contributed by atoms with Gasteiger partial charge >= 0.3 is 0 Å². The molecule has 0 atom stereocenters. The first-order valence-corrected chi connectivity index (χ1v) is 7.27. The van der Waals surface area contributed by atoms with Gasteiger partial charge in [-0.15, -0.1) is 0 Å². The minimum atomic E-state index is 0.552. The van der Waals surface area contributed by atoms with Crippen LogP contribution >= 0.6 is 0 Å². The van der Waals surface area contributed by atoms with E-state index in [4.69, 9.17) is 5.73 Å². The molecular formula is C16H26N2. The Bertz CT molecular complexity index is 365. The third kappa shape index (κ3) is 2.69. The average Bonchev–Trinajstić information content (AvgIpc) is 2.85. The zero-order valence-corrected chi connectivity index (χ0v) is 11.8. The summed E-state index contributed by atoms with van der Waals surface area (Å²) in [5, 5.41) is 0. The molecule has 1 saturated heterocycles. The van der Waals surface area contributed by atoms with Crippen LogP contribution in [-0.2, 0) is 6.42 Å². The van der Waals surface area contributed by atoms with Crippen molar-refractivity contribution < 1.29 is 0 Å². The molecule has 2 N–H and O–H groups in total. The van der Waals surface area contributed by atoms with E-state index < -0.39 is 0 Å². The monoisotopic (exact) mass is 246 g/mol. The fourth-order valence-corrected chi connectivity index (χ4v) is 3.02. The first kappa shape index (κ1) is 13.4. The van der Waals surface area contributed by atoms with Crippen LogP contribution in [0.25, 0.3) is 0 Å². The van der Waals surface area contributed by atoms with Gasteiger partial charge in [-0.25, -0.2) is 0 Å². The lowest BCUT2D eigenvalue weighted by molar-refractivity contribution is 0.301. The summed E-state index contributed by atoms with van der Waals surface area (Å²) < 4.78 is 0.